The molecule has 1 aliphatic heterocycles. The summed E-state index contributed by atoms with van der Waals surface area (Å²) in [6.07, 6.45) is -1.96. The first-order valence-corrected chi connectivity index (χ1v) is 10.8. The van der Waals surface area contributed by atoms with Crippen LogP contribution in [0, 0.1) is 10.1 Å². The van der Waals surface area contributed by atoms with Crippen molar-refractivity contribution in [2.45, 2.75) is 12.7 Å². The Balaban J connectivity index is 1.57. The molecule has 4 aromatic rings. The number of alkyl halides is 3. The largest absolute Gasteiger partial charge is 0.435 e. The zero-order valence-corrected chi connectivity index (χ0v) is 18.5. The number of aromatic nitrogens is 1. The van der Waals surface area contributed by atoms with Crippen LogP contribution in [0.1, 0.15) is 11.1 Å². The average Bonchev–Trinajstić information content (AvgIpc) is 3.38. The number of amides is 1. The van der Waals surface area contributed by atoms with Gasteiger partial charge in [0.2, 0.25) is 0 Å². The highest BCUT2D eigenvalue weighted by Crippen LogP contribution is 2.34. The van der Waals surface area contributed by atoms with Crippen molar-refractivity contribution in [1.29, 1.82) is 0 Å². The molecule has 180 valence electrons. The molecule has 0 aliphatic carbocycles. The fraction of sp³-hybridized carbons (Fsp3) is 0.0769. The molecular formula is C26H17F3N4O3. The number of hydrazone groups is 1. The van der Waals surface area contributed by atoms with E-state index in [1.165, 1.54) is 30.3 Å². The molecule has 0 N–H and O–H groups in total. The Hall–Kier alpha value is -4.73. The second-order valence-corrected chi connectivity index (χ2v) is 8.11. The third kappa shape index (κ3) is 4.24. The van der Waals surface area contributed by atoms with E-state index in [0.29, 0.717) is 17.5 Å². The van der Waals surface area contributed by atoms with E-state index in [0.717, 1.165) is 16.1 Å². The number of non-ortho nitro benzene ring substituents is 1. The van der Waals surface area contributed by atoms with E-state index < -0.39 is 28.3 Å². The van der Waals surface area contributed by atoms with Gasteiger partial charge in [-0.05, 0) is 29.8 Å². The number of hydrogen-bond acceptors (Lipinski definition) is 4. The lowest BCUT2D eigenvalue weighted by Gasteiger charge is -2.10. The Bertz CT molecular complexity index is 1540. The number of halogens is 3. The molecule has 0 atom stereocenters. The molecule has 36 heavy (non-hydrogen) atoms. The van der Waals surface area contributed by atoms with Gasteiger partial charge in [0.25, 0.3) is 11.6 Å². The van der Waals surface area contributed by atoms with Gasteiger partial charge in [0, 0.05) is 41.3 Å². The number of nitro benzene ring substituents is 1. The highest BCUT2D eigenvalue weighted by atomic mass is 19.4. The number of hydrogen-bond donors (Lipinski definition) is 0. The van der Waals surface area contributed by atoms with E-state index in [-0.39, 0.29) is 11.4 Å². The van der Waals surface area contributed by atoms with Crippen molar-refractivity contribution in [2.75, 3.05) is 5.01 Å². The summed E-state index contributed by atoms with van der Waals surface area (Å²) in [4.78, 5) is 23.5. The molecule has 1 aliphatic rings. The normalized spacial score (nSPS) is 15.1. The van der Waals surface area contributed by atoms with Crippen LogP contribution in [0.25, 0.3) is 17.0 Å². The Morgan fingerprint density at radius 2 is 1.61 bits per heavy atom. The van der Waals surface area contributed by atoms with Gasteiger partial charge < -0.3 is 4.57 Å². The summed E-state index contributed by atoms with van der Waals surface area (Å²) in [6, 6.07) is 21.1. The number of anilines is 1. The van der Waals surface area contributed by atoms with E-state index in [9.17, 15) is 28.1 Å². The van der Waals surface area contributed by atoms with Gasteiger partial charge in [0.15, 0.2) is 5.71 Å². The van der Waals surface area contributed by atoms with Crippen LogP contribution in [0.2, 0.25) is 0 Å². The van der Waals surface area contributed by atoms with E-state index in [4.69, 9.17) is 0 Å². The molecule has 2 heterocycles. The monoisotopic (exact) mass is 490 g/mol. The number of carbonyl (C=O) groups is 1. The van der Waals surface area contributed by atoms with Gasteiger partial charge in [-0.1, -0.05) is 48.5 Å². The second-order valence-electron chi connectivity index (χ2n) is 8.11. The Morgan fingerprint density at radius 1 is 0.944 bits per heavy atom. The number of carbonyl (C=O) groups excluding carboxylic acids is 1. The van der Waals surface area contributed by atoms with Crippen LogP contribution in [-0.2, 0) is 11.3 Å². The number of nitrogens with zero attached hydrogens (tertiary/aromatic N) is 4. The zero-order chi connectivity index (χ0) is 25.4. The molecule has 7 nitrogen and oxygen atoms in total. The third-order valence-electron chi connectivity index (χ3n) is 5.77. The van der Waals surface area contributed by atoms with Crippen LogP contribution in [0.3, 0.4) is 0 Å². The van der Waals surface area contributed by atoms with Crippen LogP contribution in [0.15, 0.2) is 95.7 Å². The molecular weight excluding hydrogens is 473 g/mol. The maximum atomic E-state index is 13.9. The highest BCUT2D eigenvalue weighted by Gasteiger charge is 2.46. The van der Waals surface area contributed by atoms with Gasteiger partial charge in [0.05, 0.1) is 16.2 Å². The summed E-state index contributed by atoms with van der Waals surface area (Å²) >= 11 is 0. The summed E-state index contributed by atoms with van der Waals surface area (Å²) < 4.78 is 43.4. The Morgan fingerprint density at radius 3 is 2.28 bits per heavy atom. The van der Waals surface area contributed by atoms with Crippen molar-refractivity contribution >= 4 is 40.0 Å². The lowest BCUT2D eigenvalue weighted by atomic mass is 10.1. The molecule has 10 heteroatoms. The number of benzene rings is 3. The van der Waals surface area contributed by atoms with Gasteiger partial charge in [-0.25, -0.2) is 0 Å². The smallest absolute Gasteiger partial charge is 0.342 e. The molecule has 5 rings (SSSR count). The lowest BCUT2D eigenvalue weighted by molar-refractivity contribution is -0.384. The van der Waals surface area contributed by atoms with Crippen LogP contribution >= 0.6 is 0 Å². The van der Waals surface area contributed by atoms with Crippen molar-refractivity contribution in [2.24, 2.45) is 5.10 Å². The number of nitro groups is 1. The summed E-state index contributed by atoms with van der Waals surface area (Å²) in [5.74, 6) is -0.874. The third-order valence-corrected chi connectivity index (χ3v) is 5.77. The lowest BCUT2D eigenvalue weighted by Crippen LogP contribution is -2.25. The molecule has 0 unspecified atom stereocenters. The zero-order valence-electron chi connectivity index (χ0n) is 18.5. The fourth-order valence-electron chi connectivity index (χ4n) is 4.09. The van der Waals surface area contributed by atoms with E-state index in [1.807, 2.05) is 10.6 Å². The van der Waals surface area contributed by atoms with Gasteiger partial charge in [-0.15, -0.1) is 0 Å². The van der Waals surface area contributed by atoms with Crippen LogP contribution in [-0.4, -0.2) is 27.3 Å². The summed E-state index contributed by atoms with van der Waals surface area (Å²) in [5.41, 5.74) is 0.302. The Kier molecular flexibility index (Phi) is 5.63. The molecule has 0 bridgehead atoms. The molecule has 0 fully saturated rings. The fourth-order valence-corrected chi connectivity index (χ4v) is 4.09. The van der Waals surface area contributed by atoms with E-state index in [2.05, 4.69) is 5.10 Å². The first kappa shape index (κ1) is 23.0. The van der Waals surface area contributed by atoms with Crippen molar-refractivity contribution in [1.82, 2.24) is 4.57 Å². The predicted molar refractivity (Wildman–Crippen MR) is 130 cm³/mol. The van der Waals surface area contributed by atoms with Crippen molar-refractivity contribution in [3.63, 3.8) is 0 Å². The van der Waals surface area contributed by atoms with Crippen LogP contribution in [0.5, 0.6) is 0 Å². The topological polar surface area (TPSA) is 80.7 Å². The predicted octanol–water partition coefficient (Wildman–Crippen LogP) is 5.95. The van der Waals surface area contributed by atoms with Crippen molar-refractivity contribution in [3.05, 3.63) is 112 Å². The summed E-state index contributed by atoms with van der Waals surface area (Å²) in [5, 5.41) is 15.9. The van der Waals surface area contributed by atoms with E-state index >= 15 is 0 Å². The molecule has 1 amide bonds. The average molecular weight is 490 g/mol. The van der Waals surface area contributed by atoms with Gasteiger partial charge >= 0.3 is 6.18 Å². The number of para-hydroxylation sites is 2. The van der Waals surface area contributed by atoms with Crippen molar-refractivity contribution in [3.8, 4) is 0 Å². The first-order valence-electron chi connectivity index (χ1n) is 10.8. The Labute approximate surface area is 202 Å². The van der Waals surface area contributed by atoms with Crippen molar-refractivity contribution < 1.29 is 22.9 Å². The second kappa shape index (κ2) is 8.81. The maximum Gasteiger partial charge on any atom is 0.435 e. The molecule has 0 saturated heterocycles. The number of rotatable bonds is 5. The van der Waals surface area contributed by atoms with Gasteiger partial charge in [-0.2, -0.15) is 23.3 Å². The molecule has 1 aromatic heterocycles. The minimum Gasteiger partial charge on any atom is -0.342 e. The standard InChI is InChI=1S/C26H17F3N4O3/c27-26(28,29)24-22(25(34)32(30-24)19-6-2-1-3-7-19)14-18-16-31(23-9-5-4-8-21(18)23)15-17-10-12-20(13-11-17)33(35)36/h1-14,16H,15H2/b22-14-. The molecule has 3 aromatic carbocycles. The highest BCUT2D eigenvalue weighted by molar-refractivity contribution is 6.34. The van der Waals surface area contributed by atoms with E-state index in [1.54, 1.807) is 54.7 Å². The SMILES string of the molecule is O=C1/C(=C\c2cn(Cc3ccc([N+](=O)[O-])cc3)c3ccccc23)C(C(F)(F)F)=NN1c1ccccc1. The van der Waals surface area contributed by atoms with Gasteiger partial charge in [-0.3, -0.25) is 14.9 Å². The minimum absolute atomic E-state index is 0.0387. The molecule has 0 radical (unpaired) electrons. The minimum atomic E-state index is -4.83. The molecule has 0 saturated carbocycles. The first-order chi connectivity index (χ1) is 17.2. The van der Waals surface area contributed by atoms with Crippen LogP contribution in [0.4, 0.5) is 24.5 Å². The molecule has 0 spiro atoms. The number of fused-ring (bicyclic) bond motifs is 1. The summed E-state index contributed by atoms with van der Waals surface area (Å²) in [6.45, 7) is 0.325. The quantitative estimate of drug-likeness (QED) is 0.197. The van der Waals surface area contributed by atoms with Gasteiger partial charge in [0.1, 0.15) is 0 Å². The van der Waals surface area contributed by atoms with Crippen LogP contribution < -0.4 is 5.01 Å². The maximum absolute atomic E-state index is 13.9. The summed E-state index contributed by atoms with van der Waals surface area (Å²) in [7, 11) is 0.